The molecule has 0 aliphatic heterocycles. The lowest BCUT2D eigenvalue weighted by molar-refractivity contribution is 0.793. The van der Waals surface area contributed by atoms with Crippen LogP contribution < -0.4 is 10.9 Å². The van der Waals surface area contributed by atoms with Crippen molar-refractivity contribution in [1.82, 2.24) is 9.55 Å². The van der Waals surface area contributed by atoms with Gasteiger partial charge in [-0.25, -0.2) is 4.98 Å². The summed E-state index contributed by atoms with van der Waals surface area (Å²) >= 11 is 3.37. The Morgan fingerprint density at radius 1 is 1.44 bits per heavy atom. The van der Waals surface area contributed by atoms with Crippen LogP contribution in [-0.4, -0.2) is 16.1 Å². The maximum Gasteiger partial charge on any atom is 0.262 e. The van der Waals surface area contributed by atoms with E-state index in [4.69, 9.17) is 0 Å². The van der Waals surface area contributed by atoms with Gasteiger partial charge in [-0.15, -0.1) is 0 Å². The van der Waals surface area contributed by atoms with Crippen LogP contribution in [0.3, 0.4) is 0 Å². The Balaban J connectivity index is 2.47. The molecule has 0 saturated carbocycles. The highest BCUT2D eigenvalue weighted by molar-refractivity contribution is 9.10. The van der Waals surface area contributed by atoms with Crippen molar-refractivity contribution < 1.29 is 0 Å². The van der Waals surface area contributed by atoms with Gasteiger partial charge in [-0.05, 0) is 24.6 Å². The van der Waals surface area contributed by atoms with Crippen molar-refractivity contribution >= 4 is 32.8 Å². The summed E-state index contributed by atoms with van der Waals surface area (Å²) in [4.78, 5) is 16.7. The molecule has 0 bridgehead atoms. The molecular formula is C13H16BrN3O. The van der Waals surface area contributed by atoms with Crippen LogP contribution in [-0.2, 0) is 7.05 Å². The monoisotopic (exact) mass is 309 g/mol. The summed E-state index contributed by atoms with van der Waals surface area (Å²) in [6.45, 7) is 2.96. The highest BCUT2D eigenvalue weighted by Crippen LogP contribution is 2.16. The molecule has 0 unspecified atom stereocenters. The first-order valence-electron chi connectivity index (χ1n) is 6.03. The SMILES string of the molecule is CCCCNc1nc2ccc(Br)cc2c(=O)n1C. The lowest BCUT2D eigenvalue weighted by Crippen LogP contribution is -2.22. The second-order valence-corrected chi connectivity index (χ2v) is 5.16. The van der Waals surface area contributed by atoms with Crippen LogP contribution in [0.1, 0.15) is 19.8 Å². The van der Waals surface area contributed by atoms with Crippen molar-refractivity contribution in [1.29, 1.82) is 0 Å². The van der Waals surface area contributed by atoms with E-state index in [0.29, 0.717) is 11.3 Å². The average molecular weight is 310 g/mol. The molecule has 0 spiro atoms. The molecule has 96 valence electrons. The standard InChI is InChI=1S/C13H16BrN3O/c1-3-4-7-15-13-16-11-6-5-9(14)8-10(11)12(18)17(13)2/h5-6,8H,3-4,7H2,1-2H3,(H,15,16). The Kier molecular flexibility index (Phi) is 4.01. The van der Waals surface area contributed by atoms with Gasteiger partial charge in [0.05, 0.1) is 10.9 Å². The fourth-order valence-corrected chi connectivity index (χ4v) is 2.14. The Morgan fingerprint density at radius 3 is 2.94 bits per heavy atom. The molecule has 4 nitrogen and oxygen atoms in total. The molecule has 1 heterocycles. The molecule has 2 rings (SSSR count). The van der Waals surface area contributed by atoms with Crippen LogP contribution in [0, 0.1) is 0 Å². The van der Waals surface area contributed by atoms with E-state index in [1.807, 2.05) is 12.1 Å². The van der Waals surface area contributed by atoms with Crippen LogP contribution in [0.4, 0.5) is 5.95 Å². The van der Waals surface area contributed by atoms with Gasteiger partial charge in [-0.2, -0.15) is 0 Å². The topological polar surface area (TPSA) is 46.9 Å². The van der Waals surface area contributed by atoms with E-state index in [2.05, 4.69) is 33.2 Å². The lowest BCUT2D eigenvalue weighted by atomic mass is 10.2. The van der Waals surface area contributed by atoms with Crippen LogP contribution >= 0.6 is 15.9 Å². The zero-order valence-electron chi connectivity index (χ0n) is 10.5. The smallest absolute Gasteiger partial charge is 0.262 e. The van der Waals surface area contributed by atoms with Crippen LogP contribution in [0.25, 0.3) is 10.9 Å². The molecular weight excluding hydrogens is 294 g/mol. The number of anilines is 1. The molecule has 5 heteroatoms. The fraction of sp³-hybridized carbons (Fsp3) is 0.385. The Morgan fingerprint density at radius 2 is 2.22 bits per heavy atom. The van der Waals surface area contributed by atoms with Gasteiger partial charge >= 0.3 is 0 Å². The third-order valence-corrected chi connectivity index (χ3v) is 3.34. The third kappa shape index (κ3) is 2.56. The van der Waals surface area contributed by atoms with Crippen molar-refractivity contribution in [2.45, 2.75) is 19.8 Å². The van der Waals surface area contributed by atoms with E-state index in [-0.39, 0.29) is 5.56 Å². The summed E-state index contributed by atoms with van der Waals surface area (Å²) in [7, 11) is 1.74. The number of aromatic nitrogens is 2. The maximum absolute atomic E-state index is 12.2. The first-order chi connectivity index (χ1) is 8.63. The molecule has 0 amide bonds. The predicted octanol–water partition coefficient (Wildman–Crippen LogP) is 2.91. The van der Waals surface area contributed by atoms with Crippen LogP contribution in [0.2, 0.25) is 0 Å². The highest BCUT2D eigenvalue weighted by atomic mass is 79.9. The van der Waals surface area contributed by atoms with Gasteiger partial charge in [-0.3, -0.25) is 9.36 Å². The number of rotatable bonds is 4. The van der Waals surface area contributed by atoms with Gasteiger partial charge in [0.25, 0.3) is 5.56 Å². The lowest BCUT2D eigenvalue weighted by Gasteiger charge is -2.10. The van der Waals surface area contributed by atoms with Crippen molar-refractivity contribution in [3.63, 3.8) is 0 Å². The summed E-state index contributed by atoms with van der Waals surface area (Å²) < 4.78 is 2.45. The zero-order chi connectivity index (χ0) is 13.1. The first-order valence-corrected chi connectivity index (χ1v) is 6.83. The number of benzene rings is 1. The molecule has 18 heavy (non-hydrogen) atoms. The normalized spacial score (nSPS) is 10.8. The van der Waals surface area contributed by atoms with E-state index >= 15 is 0 Å². The van der Waals surface area contributed by atoms with E-state index < -0.39 is 0 Å². The number of unbranched alkanes of at least 4 members (excludes halogenated alkanes) is 1. The van der Waals surface area contributed by atoms with Crippen LogP contribution in [0.5, 0.6) is 0 Å². The van der Waals surface area contributed by atoms with Crippen LogP contribution in [0.15, 0.2) is 27.5 Å². The Hall–Kier alpha value is -1.36. The quantitative estimate of drug-likeness (QED) is 0.883. The van der Waals surface area contributed by atoms with Gasteiger partial charge < -0.3 is 5.32 Å². The number of fused-ring (bicyclic) bond motifs is 1. The van der Waals surface area contributed by atoms with Crippen molar-refractivity contribution in [2.75, 3.05) is 11.9 Å². The van der Waals surface area contributed by atoms with Gasteiger partial charge in [0.1, 0.15) is 0 Å². The molecule has 0 aliphatic rings. The average Bonchev–Trinajstić information content (AvgIpc) is 2.36. The number of nitrogens with zero attached hydrogens (tertiary/aromatic N) is 2. The van der Waals surface area contributed by atoms with Gasteiger partial charge in [0.2, 0.25) is 5.95 Å². The van der Waals surface area contributed by atoms with Crippen molar-refractivity contribution in [2.24, 2.45) is 7.05 Å². The predicted molar refractivity (Wildman–Crippen MR) is 78.1 cm³/mol. The van der Waals surface area contributed by atoms with E-state index in [1.54, 1.807) is 17.7 Å². The summed E-state index contributed by atoms with van der Waals surface area (Å²) in [6, 6.07) is 5.55. The molecule has 2 aromatic rings. The molecule has 0 radical (unpaired) electrons. The van der Waals surface area contributed by atoms with E-state index in [1.165, 1.54) is 0 Å². The Bertz CT molecular complexity index is 621. The van der Waals surface area contributed by atoms with Gasteiger partial charge in [-0.1, -0.05) is 29.3 Å². The molecule has 0 fully saturated rings. The fourth-order valence-electron chi connectivity index (χ4n) is 1.78. The highest BCUT2D eigenvalue weighted by Gasteiger charge is 2.07. The number of hydrogen-bond acceptors (Lipinski definition) is 3. The minimum absolute atomic E-state index is 0.0275. The van der Waals surface area contributed by atoms with E-state index in [9.17, 15) is 4.79 Å². The molecule has 0 saturated heterocycles. The van der Waals surface area contributed by atoms with Crippen molar-refractivity contribution in [3.05, 3.63) is 33.0 Å². The number of hydrogen-bond donors (Lipinski definition) is 1. The molecule has 0 aliphatic carbocycles. The maximum atomic E-state index is 12.2. The van der Waals surface area contributed by atoms with Gasteiger partial charge in [0.15, 0.2) is 0 Å². The molecule has 1 N–H and O–H groups in total. The molecule has 0 atom stereocenters. The minimum Gasteiger partial charge on any atom is -0.356 e. The first kappa shape index (κ1) is 13.1. The second-order valence-electron chi connectivity index (χ2n) is 4.24. The summed E-state index contributed by atoms with van der Waals surface area (Å²) in [5.74, 6) is 0.628. The second kappa shape index (κ2) is 5.52. The summed E-state index contributed by atoms with van der Waals surface area (Å²) in [5.41, 5.74) is 0.695. The summed E-state index contributed by atoms with van der Waals surface area (Å²) in [6.07, 6.45) is 2.18. The zero-order valence-corrected chi connectivity index (χ0v) is 12.1. The third-order valence-electron chi connectivity index (χ3n) is 2.85. The Labute approximate surface area is 114 Å². The van der Waals surface area contributed by atoms with Crippen molar-refractivity contribution in [3.8, 4) is 0 Å². The van der Waals surface area contributed by atoms with E-state index in [0.717, 1.165) is 29.4 Å². The minimum atomic E-state index is -0.0275. The summed E-state index contributed by atoms with van der Waals surface area (Å²) in [5, 5.41) is 3.83. The molecule has 1 aromatic carbocycles. The number of nitrogens with one attached hydrogen (secondary N) is 1. The number of halogens is 1. The molecule has 1 aromatic heterocycles. The van der Waals surface area contributed by atoms with Gasteiger partial charge in [0, 0.05) is 18.1 Å². The largest absolute Gasteiger partial charge is 0.356 e.